The van der Waals surface area contributed by atoms with Crippen LogP contribution >= 0.6 is 0 Å². The van der Waals surface area contributed by atoms with Crippen molar-refractivity contribution < 1.29 is 18.9 Å². The minimum absolute atomic E-state index is 0.152. The van der Waals surface area contributed by atoms with Gasteiger partial charge < -0.3 is 24.7 Å². The van der Waals surface area contributed by atoms with Gasteiger partial charge in [-0.3, -0.25) is 0 Å². The molecule has 0 saturated heterocycles. The quantitative estimate of drug-likeness (QED) is 0.655. The van der Waals surface area contributed by atoms with Gasteiger partial charge in [-0.2, -0.15) is 5.26 Å². The molecular formula is C23H23N3O4. The molecule has 0 aliphatic carbocycles. The fourth-order valence-corrected chi connectivity index (χ4v) is 3.44. The number of aryl methyl sites for hydroxylation is 1. The number of hydrogen-bond donors (Lipinski definition) is 1. The Balaban J connectivity index is 2.43. The first-order chi connectivity index (χ1) is 14.5. The van der Waals surface area contributed by atoms with Crippen molar-refractivity contribution >= 4 is 5.82 Å². The molecular weight excluding hydrogens is 382 g/mol. The van der Waals surface area contributed by atoms with E-state index < -0.39 is 0 Å². The summed E-state index contributed by atoms with van der Waals surface area (Å²) >= 11 is 0. The fourth-order valence-electron chi connectivity index (χ4n) is 3.44. The van der Waals surface area contributed by atoms with E-state index in [0.717, 1.165) is 16.9 Å². The maximum atomic E-state index is 9.91. The van der Waals surface area contributed by atoms with Gasteiger partial charge in [0, 0.05) is 28.5 Å². The summed E-state index contributed by atoms with van der Waals surface area (Å²) in [6, 6.07) is 13.2. The lowest BCUT2D eigenvalue weighted by atomic mass is 9.89. The van der Waals surface area contributed by atoms with E-state index in [1.807, 2.05) is 31.2 Å². The second-order valence-corrected chi connectivity index (χ2v) is 6.46. The monoisotopic (exact) mass is 405 g/mol. The summed E-state index contributed by atoms with van der Waals surface area (Å²) in [7, 11) is 6.27. The van der Waals surface area contributed by atoms with E-state index in [9.17, 15) is 5.26 Å². The molecule has 1 heterocycles. The molecule has 0 unspecified atom stereocenters. The van der Waals surface area contributed by atoms with Crippen LogP contribution in [0.5, 0.6) is 23.0 Å². The van der Waals surface area contributed by atoms with Gasteiger partial charge in [0.2, 0.25) is 0 Å². The number of anilines is 1. The van der Waals surface area contributed by atoms with Crippen LogP contribution in [0.4, 0.5) is 5.82 Å². The molecule has 0 radical (unpaired) electrons. The van der Waals surface area contributed by atoms with Crippen molar-refractivity contribution in [3.8, 4) is 51.3 Å². The van der Waals surface area contributed by atoms with Crippen LogP contribution in [0.2, 0.25) is 0 Å². The lowest BCUT2D eigenvalue weighted by Gasteiger charge is -2.20. The third-order valence-electron chi connectivity index (χ3n) is 4.87. The molecule has 0 amide bonds. The van der Waals surface area contributed by atoms with Gasteiger partial charge in [-0.05, 0) is 30.7 Å². The summed E-state index contributed by atoms with van der Waals surface area (Å²) in [6.45, 7) is 1.85. The number of benzene rings is 2. The van der Waals surface area contributed by atoms with Gasteiger partial charge in [0.25, 0.3) is 0 Å². The number of pyridine rings is 1. The van der Waals surface area contributed by atoms with Crippen molar-refractivity contribution in [1.82, 2.24) is 4.98 Å². The molecule has 0 atom stereocenters. The SMILES string of the molecule is COc1ccc(-c2c(C)nc(N)c(C#N)c2-c2cc(OC)c(OC)cc2OC)cc1. The number of ether oxygens (including phenoxy) is 4. The lowest BCUT2D eigenvalue weighted by Crippen LogP contribution is -2.04. The molecule has 0 spiro atoms. The normalized spacial score (nSPS) is 10.3. The number of methoxy groups -OCH3 is 4. The summed E-state index contributed by atoms with van der Waals surface area (Å²) in [4.78, 5) is 4.41. The number of aromatic nitrogens is 1. The van der Waals surface area contributed by atoms with Crippen molar-refractivity contribution in [2.45, 2.75) is 6.92 Å². The molecule has 7 heteroatoms. The van der Waals surface area contributed by atoms with Crippen LogP contribution in [0, 0.1) is 18.3 Å². The van der Waals surface area contributed by atoms with Gasteiger partial charge in [0.1, 0.15) is 28.9 Å². The highest BCUT2D eigenvalue weighted by Gasteiger charge is 2.24. The van der Waals surface area contributed by atoms with Crippen molar-refractivity contribution in [3.05, 3.63) is 47.7 Å². The molecule has 0 fully saturated rings. The first-order valence-electron chi connectivity index (χ1n) is 9.14. The zero-order valence-electron chi connectivity index (χ0n) is 17.6. The molecule has 154 valence electrons. The van der Waals surface area contributed by atoms with E-state index in [1.54, 1.807) is 40.6 Å². The number of hydrogen-bond acceptors (Lipinski definition) is 7. The second-order valence-electron chi connectivity index (χ2n) is 6.46. The molecule has 0 aliphatic heterocycles. The minimum atomic E-state index is 0.152. The van der Waals surface area contributed by atoms with Crippen LogP contribution in [0.25, 0.3) is 22.3 Å². The Labute approximate surface area is 175 Å². The van der Waals surface area contributed by atoms with Crippen LogP contribution in [0.1, 0.15) is 11.3 Å². The molecule has 30 heavy (non-hydrogen) atoms. The summed E-state index contributed by atoms with van der Waals surface area (Å²) in [5.41, 5.74) is 9.98. The summed E-state index contributed by atoms with van der Waals surface area (Å²) in [5, 5.41) is 9.91. The van der Waals surface area contributed by atoms with Gasteiger partial charge in [-0.25, -0.2) is 4.98 Å². The van der Waals surface area contributed by atoms with Crippen LogP contribution < -0.4 is 24.7 Å². The highest BCUT2D eigenvalue weighted by molar-refractivity contribution is 5.94. The molecule has 1 aromatic heterocycles. The van der Waals surface area contributed by atoms with Crippen molar-refractivity contribution in [2.24, 2.45) is 0 Å². The minimum Gasteiger partial charge on any atom is -0.497 e. The van der Waals surface area contributed by atoms with Crippen LogP contribution in [0.3, 0.4) is 0 Å². The Morgan fingerprint density at radius 3 is 1.97 bits per heavy atom. The summed E-state index contributed by atoms with van der Waals surface area (Å²) in [5.74, 6) is 2.42. The van der Waals surface area contributed by atoms with Gasteiger partial charge >= 0.3 is 0 Å². The Morgan fingerprint density at radius 2 is 1.43 bits per heavy atom. The number of nitrogens with zero attached hydrogens (tertiary/aromatic N) is 2. The van der Waals surface area contributed by atoms with Gasteiger partial charge in [-0.15, -0.1) is 0 Å². The van der Waals surface area contributed by atoms with Crippen LogP contribution in [-0.2, 0) is 0 Å². The zero-order chi connectivity index (χ0) is 21.8. The van der Waals surface area contributed by atoms with E-state index >= 15 is 0 Å². The van der Waals surface area contributed by atoms with Gasteiger partial charge in [0.05, 0.1) is 28.4 Å². The van der Waals surface area contributed by atoms with Crippen molar-refractivity contribution in [1.29, 1.82) is 5.26 Å². The Hall–Kier alpha value is -3.92. The molecule has 2 aromatic carbocycles. The third kappa shape index (κ3) is 3.55. The number of nitriles is 1. The maximum Gasteiger partial charge on any atom is 0.164 e. The molecule has 0 aliphatic rings. The van der Waals surface area contributed by atoms with E-state index in [-0.39, 0.29) is 11.4 Å². The summed E-state index contributed by atoms with van der Waals surface area (Å²) in [6.07, 6.45) is 0. The highest BCUT2D eigenvalue weighted by Crippen LogP contribution is 2.46. The second kappa shape index (κ2) is 8.62. The Morgan fingerprint density at radius 1 is 0.833 bits per heavy atom. The Bertz CT molecular complexity index is 1120. The predicted octanol–water partition coefficient (Wildman–Crippen LogP) is 4.21. The van der Waals surface area contributed by atoms with Gasteiger partial charge in [-0.1, -0.05) is 12.1 Å². The number of rotatable bonds is 6. The maximum absolute atomic E-state index is 9.91. The van der Waals surface area contributed by atoms with Crippen LogP contribution in [-0.4, -0.2) is 33.4 Å². The average Bonchev–Trinajstić information content (AvgIpc) is 2.77. The number of nitrogen functional groups attached to an aromatic ring is 1. The first-order valence-corrected chi connectivity index (χ1v) is 9.14. The molecule has 3 rings (SSSR count). The zero-order valence-corrected chi connectivity index (χ0v) is 17.6. The Kier molecular flexibility index (Phi) is 5.98. The molecule has 0 bridgehead atoms. The van der Waals surface area contributed by atoms with Gasteiger partial charge in [0.15, 0.2) is 11.5 Å². The largest absolute Gasteiger partial charge is 0.497 e. The molecule has 3 aromatic rings. The first kappa shape index (κ1) is 20.8. The predicted molar refractivity (Wildman–Crippen MR) is 115 cm³/mol. The van der Waals surface area contributed by atoms with Crippen LogP contribution in [0.15, 0.2) is 36.4 Å². The van der Waals surface area contributed by atoms with E-state index in [0.29, 0.717) is 34.1 Å². The van der Waals surface area contributed by atoms with Crippen molar-refractivity contribution in [3.63, 3.8) is 0 Å². The molecule has 0 saturated carbocycles. The fraction of sp³-hybridized carbons (Fsp3) is 0.217. The topological polar surface area (TPSA) is 99.6 Å². The smallest absolute Gasteiger partial charge is 0.164 e. The summed E-state index contributed by atoms with van der Waals surface area (Å²) < 4.78 is 21.8. The average molecular weight is 405 g/mol. The third-order valence-corrected chi connectivity index (χ3v) is 4.87. The van der Waals surface area contributed by atoms with E-state index in [1.165, 1.54) is 0 Å². The lowest BCUT2D eigenvalue weighted by molar-refractivity contribution is 0.349. The number of nitrogens with two attached hydrogens (primary N) is 1. The highest BCUT2D eigenvalue weighted by atomic mass is 16.5. The molecule has 7 nitrogen and oxygen atoms in total. The van der Waals surface area contributed by atoms with E-state index in [2.05, 4.69) is 11.1 Å². The van der Waals surface area contributed by atoms with Crippen molar-refractivity contribution in [2.75, 3.05) is 34.2 Å². The van der Waals surface area contributed by atoms with E-state index in [4.69, 9.17) is 24.7 Å². The standard InChI is InChI=1S/C23H23N3O4/c1-13-21(14-6-8-15(27-2)9-7-14)22(17(12-24)23(25)26-13)16-10-19(29-4)20(30-5)11-18(16)28-3/h6-11H,1-5H3,(H2,25,26). The molecule has 2 N–H and O–H groups in total.